The van der Waals surface area contributed by atoms with Gasteiger partial charge in [0.15, 0.2) is 5.69 Å². The highest BCUT2D eigenvalue weighted by molar-refractivity contribution is 7.09. The average Bonchev–Trinajstić information content (AvgIpc) is 2.90. The molecule has 6 nitrogen and oxygen atoms in total. The van der Waals surface area contributed by atoms with Gasteiger partial charge in [-0.15, -0.1) is 11.3 Å². The Bertz CT molecular complexity index is 690. The van der Waals surface area contributed by atoms with Crippen LogP contribution >= 0.6 is 34.5 Å². The number of aromatic carboxylic acids is 1. The van der Waals surface area contributed by atoms with Crippen molar-refractivity contribution in [2.75, 3.05) is 6.54 Å². The van der Waals surface area contributed by atoms with Gasteiger partial charge in [0.1, 0.15) is 5.15 Å². The lowest BCUT2D eigenvalue weighted by Gasteiger charge is -2.05. The zero-order chi connectivity index (χ0) is 15.4. The topological polar surface area (TPSA) is 92.2 Å². The zero-order valence-electron chi connectivity index (χ0n) is 10.5. The second-order valence-electron chi connectivity index (χ2n) is 3.92. The van der Waals surface area contributed by atoms with E-state index >= 15 is 0 Å². The Morgan fingerprint density at radius 3 is 2.81 bits per heavy atom. The van der Waals surface area contributed by atoms with Crippen molar-refractivity contribution in [1.29, 1.82) is 0 Å². The van der Waals surface area contributed by atoms with Gasteiger partial charge in [-0.05, 0) is 6.07 Å². The van der Waals surface area contributed by atoms with Crippen molar-refractivity contribution in [2.24, 2.45) is 0 Å². The molecule has 0 spiro atoms. The zero-order valence-corrected chi connectivity index (χ0v) is 12.8. The van der Waals surface area contributed by atoms with Crippen LogP contribution in [0.15, 0.2) is 17.6 Å². The SMILES string of the molecule is O=C(O)c1csc(CCNC(=O)c2cc(Cl)ncc2Cl)n1. The number of hydrogen-bond acceptors (Lipinski definition) is 5. The van der Waals surface area contributed by atoms with E-state index in [1.165, 1.54) is 29.0 Å². The van der Waals surface area contributed by atoms with Crippen LogP contribution in [0.5, 0.6) is 0 Å². The normalized spacial score (nSPS) is 10.4. The summed E-state index contributed by atoms with van der Waals surface area (Å²) in [4.78, 5) is 30.3. The number of carbonyl (C=O) groups excluding carboxylic acids is 1. The van der Waals surface area contributed by atoms with Gasteiger partial charge in [-0.25, -0.2) is 14.8 Å². The summed E-state index contributed by atoms with van der Waals surface area (Å²) < 4.78 is 0. The summed E-state index contributed by atoms with van der Waals surface area (Å²) in [6.45, 7) is 0.307. The summed E-state index contributed by atoms with van der Waals surface area (Å²) in [5.74, 6) is -1.45. The lowest BCUT2D eigenvalue weighted by atomic mass is 10.2. The molecule has 110 valence electrons. The Morgan fingerprint density at radius 2 is 2.14 bits per heavy atom. The van der Waals surface area contributed by atoms with Crippen molar-refractivity contribution < 1.29 is 14.7 Å². The molecular formula is C12H9Cl2N3O3S. The van der Waals surface area contributed by atoms with Crippen LogP contribution in [0, 0.1) is 0 Å². The minimum atomic E-state index is -1.07. The summed E-state index contributed by atoms with van der Waals surface area (Å²) in [5, 5.41) is 13.9. The van der Waals surface area contributed by atoms with Gasteiger partial charge in [0.25, 0.3) is 5.91 Å². The van der Waals surface area contributed by atoms with Crippen molar-refractivity contribution in [1.82, 2.24) is 15.3 Å². The minimum absolute atomic E-state index is 0.00489. The Kier molecular flexibility index (Phi) is 5.11. The maximum Gasteiger partial charge on any atom is 0.355 e. The Balaban J connectivity index is 1.92. The smallest absolute Gasteiger partial charge is 0.355 e. The first-order valence-corrected chi connectivity index (χ1v) is 7.38. The molecule has 2 N–H and O–H groups in total. The highest BCUT2D eigenvalue weighted by atomic mass is 35.5. The number of rotatable bonds is 5. The van der Waals surface area contributed by atoms with E-state index in [0.29, 0.717) is 18.0 Å². The van der Waals surface area contributed by atoms with E-state index in [0.717, 1.165) is 0 Å². The maximum atomic E-state index is 11.9. The van der Waals surface area contributed by atoms with E-state index in [4.69, 9.17) is 28.3 Å². The van der Waals surface area contributed by atoms with Crippen LogP contribution in [-0.2, 0) is 6.42 Å². The van der Waals surface area contributed by atoms with Crippen LogP contribution in [0.25, 0.3) is 0 Å². The molecule has 0 atom stereocenters. The molecule has 21 heavy (non-hydrogen) atoms. The molecule has 2 aromatic heterocycles. The van der Waals surface area contributed by atoms with Gasteiger partial charge in [0, 0.05) is 24.5 Å². The molecule has 0 unspecified atom stereocenters. The predicted octanol–water partition coefficient (Wildman–Crippen LogP) is 2.52. The number of thiazole rings is 1. The predicted molar refractivity (Wildman–Crippen MR) is 79.4 cm³/mol. The van der Waals surface area contributed by atoms with Crippen LogP contribution in [0.3, 0.4) is 0 Å². The number of aromatic nitrogens is 2. The second-order valence-corrected chi connectivity index (χ2v) is 5.66. The summed E-state index contributed by atoms with van der Waals surface area (Å²) in [5.41, 5.74) is 0.243. The molecule has 1 amide bonds. The van der Waals surface area contributed by atoms with Gasteiger partial charge in [-0.3, -0.25) is 4.79 Å². The number of carbonyl (C=O) groups is 2. The summed E-state index contributed by atoms with van der Waals surface area (Å²) >= 11 is 12.8. The molecule has 0 aliphatic heterocycles. The quantitative estimate of drug-likeness (QED) is 0.812. The molecule has 0 aliphatic carbocycles. The van der Waals surface area contributed by atoms with Gasteiger partial charge in [-0.2, -0.15) is 0 Å². The van der Waals surface area contributed by atoms with E-state index in [9.17, 15) is 9.59 Å². The molecule has 0 saturated carbocycles. The number of carboxylic acid groups (broad SMARTS) is 1. The number of carboxylic acids is 1. The van der Waals surface area contributed by atoms with Crippen LogP contribution < -0.4 is 5.32 Å². The van der Waals surface area contributed by atoms with Gasteiger partial charge >= 0.3 is 5.97 Å². The molecule has 0 radical (unpaired) electrons. The van der Waals surface area contributed by atoms with Crippen molar-refractivity contribution in [2.45, 2.75) is 6.42 Å². The second kappa shape index (κ2) is 6.84. The fraction of sp³-hybridized carbons (Fsp3) is 0.167. The van der Waals surface area contributed by atoms with Gasteiger partial charge < -0.3 is 10.4 Å². The first-order valence-electron chi connectivity index (χ1n) is 5.74. The summed E-state index contributed by atoms with van der Waals surface area (Å²) in [6, 6.07) is 1.38. The standard InChI is InChI=1S/C12H9Cl2N3O3S/c13-7-4-16-9(14)3-6(7)11(18)15-2-1-10-17-8(5-21-10)12(19)20/h3-5H,1-2H2,(H,15,18)(H,19,20). The third-order valence-electron chi connectivity index (χ3n) is 2.46. The van der Waals surface area contributed by atoms with E-state index < -0.39 is 5.97 Å². The number of hydrogen-bond donors (Lipinski definition) is 2. The third kappa shape index (κ3) is 4.13. The Morgan fingerprint density at radius 1 is 1.38 bits per heavy atom. The Hall–Kier alpha value is -1.70. The van der Waals surface area contributed by atoms with Gasteiger partial charge in [-0.1, -0.05) is 23.2 Å². The van der Waals surface area contributed by atoms with Gasteiger partial charge in [0.05, 0.1) is 15.6 Å². The highest BCUT2D eigenvalue weighted by Gasteiger charge is 2.12. The molecule has 0 bridgehead atoms. The highest BCUT2D eigenvalue weighted by Crippen LogP contribution is 2.18. The van der Waals surface area contributed by atoms with Crippen molar-refractivity contribution in [3.63, 3.8) is 0 Å². The molecule has 0 aliphatic rings. The Labute approximate surface area is 133 Å². The van der Waals surface area contributed by atoms with Crippen LogP contribution in [0.2, 0.25) is 10.2 Å². The lowest BCUT2D eigenvalue weighted by molar-refractivity contribution is 0.0690. The van der Waals surface area contributed by atoms with Crippen LogP contribution in [0.4, 0.5) is 0 Å². The van der Waals surface area contributed by atoms with Gasteiger partial charge in [0.2, 0.25) is 0 Å². The maximum absolute atomic E-state index is 11.9. The fourth-order valence-electron chi connectivity index (χ4n) is 1.49. The molecule has 2 aromatic rings. The molecule has 2 rings (SSSR count). The molecule has 0 saturated heterocycles. The van der Waals surface area contributed by atoms with E-state index in [-0.39, 0.29) is 27.3 Å². The number of nitrogens with zero attached hydrogens (tertiary/aromatic N) is 2. The number of nitrogens with one attached hydrogen (secondary N) is 1. The first kappa shape index (κ1) is 15.7. The van der Waals surface area contributed by atoms with E-state index in [2.05, 4.69) is 15.3 Å². The number of pyridine rings is 1. The summed E-state index contributed by atoms with van der Waals surface area (Å²) in [6.07, 6.45) is 1.74. The van der Waals surface area contributed by atoms with Crippen molar-refractivity contribution in [3.05, 3.63) is 44.1 Å². The van der Waals surface area contributed by atoms with E-state index in [1.807, 2.05) is 0 Å². The first-order chi connectivity index (χ1) is 9.97. The van der Waals surface area contributed by atoms with Crippen LogP contribution in [-0.4, -0.2) is 33.5 Å². The average molecular weight is 346 g/mol. The number of amides is 1. The van der Waals surface area contributed by atoms with Crippen LogP contribution in [0.1, 0.15) is 25.9 Å². The molecule has 0 aromatic carbocycles. The van der Waals surface area contributed by atoms with Crippen molar-refractivity contribution in [3.8, 4) is 0 Å². The largest absolute Gasteiger partial charge is 0.476 e. The van der Waals surface area contributed by atoms with Crippen molar-refractivity contribution >= 4 is 46.4 Å². The minimum Gasteiger partial charge on any atom is -0.476 e. The molecule has 9 heteroatoms. The lowest BCUT2D eigenvalue weighted by Crippen LogP contribution is -2.26. The third-order valence-corrected chi connectivity index (χ3v) is 3.88. The van der Waals surface area contributed by atoms with E-state index in [1.54, 1.807) is 0 Å². The molecule has 2 heterocycles. The molecular weight excluding hydrogens is 337 g/mol. The monoisotopic (exact) mass is 345 g/mol. The molecule has 0 fully saturated rings. The number of halogens is 2. The summed E-state index contributed by atoms with van der Waals surface area (Å²) in [7, 11) is 0. The fourth-order valence-corrected chi connectivity index (χ4v) is 2.61.